The predicted molar refractivity (Wildman–Crippen MR) is 83.1 cm³/mol. The number of aromatic nitrogens is 3. The van der Waals surface area contributed by atoms with Gasteiger partial charge in [0.25, 0.3) is 0 Å². The highest BCUT2D eigenvalue weighted by Gasteiger charge is 2.09. The number of hydrogen-bond acceptors (Lipinski definition) is 4. The molecule has 114 valence electrons. The van der Waals surface area contributed by atoms with Crippen molar-refractivity contribution in [2.24, 2.45) is 0 Å². The minimum Gasteiger partial charge on any atom is -0.484 e. The van der Waals surface area contributed by atoms with Crippen LogP contribution in [0.1, 0.15) is 39.2 Å². The number of hydrogen-bond donors (Lipinski definition) is 1. The summed E-state index contributed by atoms with van der Waals surface area (Å²) in [6.07, 6.45) is 5.51. The van der Waals surface area contributed by atoms with Gasteiger partial charge in [0, 0.05) is 31.0 Å². The van der Waals surface area contributed by atoms with Crippen LogP contribution in [0.15, 0.2) is 30.7 Å². The number of aryl methyl sites for hydroxylation is 1. The summed E-state index contributed by atoms with van der Waals surface area (Å²) >= 11 is 0. The lowest BCUT2D eigenvalue weighted by molar-refractivity contribution is 0.288. The number of pyridine rings is 1. The third-order valence-corrected chi connectivity index (χ3v) is 3.11. The minimum atomic E-state index is 0.0913. The molecule has 0 saturated heterocycles. The van der Waals surface area contributed by atoms with Gasteiger partial charge in [-0.05, 0) is 39.8 Å². The van der Waals surface area contributed by atoms with Crippen LogP contribution in [0.5, 0.6) is 5.75 Å². The average Bonchev–Trinajstić information content (AvgIpc) is 2.90. The van der Waals surface area contributed by atoms with E-state index in [9.17, 15) is 0 Å². The summed E-state index contributed by atoms with van der Waals surface area (Å²) in [4.78, 5) is 8.69. The van der Waals surface area contributed by atoms with E-state index in [2.05, 4.69) is 47.5 Å². The van der Waals surface area contributed by atoms with E-state index in [1.54, 1.807) is 12.4 Å². The Morgan fingerprint density at radius 1 is 1.24 bits per heavy atom. The van der Waals surface area contributed by atoms with Gasteiger partial charge in [0.2, 0.25) is 0 Å². The highest BCUT2D eigenvalue weighted by molar-refractivity contribution is 5.20. The van der Waals surface area contributed by atoms with Crippen LogP contribution in [0.4, 0.5) is 0 Å². The third-order valence-electron chi connectivity index (χ3n) is 3.11. The van der Waals surface area contributed by atoms with Crippen molar-refractivity contribution in [1.29, 1.82) is 0 Å². The highest BCUT2D eigenvalue weighted by atomic mass is 16.5. The Labute approximate surface area is 126 Å². The molecule has 0 aromatic carbocycles. The number of rotatable bonds is 6. The fourth-order valence-corrected chi connectivity index (χ4v) is 1.87. The molecule has 0 aliphatic rings. The van der Waals surface area contributed by atoms with Crippen molar-refractivity contribution in [2.75, 3.05) is 0 Å². The predicted octanol–water partition coefficient (Wildman–Crippen LogP) is 2.77. The van der Waals surface area contributed by atoms with Gasteiger partial charge < -0.3 is 14.6 Å². The van der Waals surface area contributed by atoms with E-state index in [0.717, 1.165) is 30.4 Å². The zero-order valence-electron chi connectivity index (χ0n) is 13.3. The van der Waals surface area contributed by atoms with Crippen molar-refractivity contribution in [1.82, 2.24) is 19.9 Å². The normalized spacial score (nSPS) is 11.6. The maximum absolute atomic E-state index is 5.73. The van der Waals surface area contributed by atoms with Gasteiger partial charge >= 0.3 is 0 Å². The molecule has 0 fully saturated rings. The second kappa shape index (κ2) is 6.72. The second-order valence-electron chi connectivity index (χ2n) is 6.01. The lowest BCUT2D eigenvalue weighted by Crippen LogP contribution is -2.35. The lowest BCUT2D eigenvalue weighted by atomic mass is 10.1. The third kappa shape index (κ3) is 4.86. The molecule has 2 rings (SSSR count). The summed E-state index contributed by atoms with van der Waals surface area (Å²) < 4.78 is 7.79. The Morgan fingerprint density at radius 2 is 2.05 bits per heavy atom. The first-order chi connectivity index (χ1) is 9.98. The molecule has 0 radical (unpaired) electrons. The number of imidazole rings is 1. The largest absolute Gasteiger partial charge is 0.484 e. The monoisotopic (exact) mass is 288 g/mol. The van der Waals surface area contributed by atoms with Crippen LogP contribution in [0.2, 0.25) is 0 Å². The Morgan fingerprint density at radius 3 is 2.67 bits per heavy atom. The van der Waals surface area contributed by atoms with E-state index in [1.165, 1.54) is 0 Å². The van der Waals surface area contributed by atoms with E-state index in [0.29, 0.717) is 6.61 Å². The van der Waals surface area contributed by atoms with E-state index in [-0.39, 0.29) is 5.54 Å². The zero-order valence-corrected chi connectivity index (χ0v) is 13.3. The molecule has 0 spiro atoms. The van der Waals surface area contributed by atoms with Gasteiger partial charge in [-0.15, -0.1) is 0 Å². The van der Waals surface area contributed by atoms with E-state index >= 15 is 0 Å². The standard InChI is InChI=1S/C16H24N4O/c1-5-20-9-8-17-15(20)12-21-14-7-6-13(18-11-14)10-19-16(2,3)4/h6-9,11,19H,5,10,12H2,1-4H3. The van der Waals surface area contributed by atoms with Gasteiger partial charge in [-0.1, -0.05) is 0 Å². The molecular formula is C16H24N4O. The van der Waals surface area contributed by atoms with Crippen molar-refractivity contribution in [2.45, 2.75) is 52.9 Å². The van der Waals surface area contributed by atoms with Crippen molar-refractivity contribution in [3.8, 4) is 5.75 Å². The molecule has 0 saturated carbocycles. The van der Waals surface area contributed by atoms with Gasteiger partial charge in [-0.2, -0.15) is 0 Å². The summed E-state index contributed by atoms with van der Waals surface area (Å²) in [5.74, 6) is 1.69. The van der Waals surface area contributed by atoms with Crippen molar-refractivity contribution < 1.29 is 4.74 Å². The van der Waals surface area contributed by atoms with E-state index < -0.39 is 0 Å². The Hall–Kier alpha value is -1.88. The molecule has 2 aromatic heterocycles. The first-order valence-electron chi connectivity index (χ1n) is 7.30. The van der Waals surface area contributed by atoms with Crippen LogP contribution in [0, 0.1) is 0 Å². The molecule has 0 bridgehead atoms. The van der Waals surface area contributed by atoms with Gasteiger partial charge in [-0.25, -0.2) is 4.98 Å². The first kappa shape index (κ1) is 15.5. The first-order valence-corrected chi connectivity index (χ1v) is 7.30. The lowest BCUT2D eigenvalue weighted by Gasteiger charge is -2.20. The summed E-state index contributed by atoms with van der Waals surface area (Å²) in [6.45, 7) is 10.6. The van der Waals surface area contributed by atoms with Gasteiger partial charge in [-0.3, -0.25) is 4.98 Å². The molecule has 5 nitrogen and oxygen atoms in total. The number of nitrogens with zero attached hydrogens (tertiary/aromatic N) is 3. The fraction of sp³-hybridized carbons (Fsp3) is 0.500. The van der Waals surface area contributed by atoms with Crippen LogP contribution in [0.25, 0.3) is 0 Å². The summed E-state index contributed by atoms with van der Waals surface area (Å²) in [5.41, 5.74) is 1.10. The quantitative estimate of drug-likeness (QED) is 0.888. The average molecular weight is 288 g/mol. The van der Waals surface area contributed by atoms with Crippen LogP contribution in [-0.2, 0) is 19.7 Å². The van der Waals surface area contributed by atoms with E-state index in [1.807, 2.05) is 18.3 Å². The molecule has 2 aromatic rings. The second-order valence-corrected chi connectivity index (χ2v) is 6.01. The van der Waals surface area contributed by atoms with Crippen molar-refractivity contribution in [3.05, 3.63) is 42.2 Å². The number of nitrogens with one attached hydrogen (secondary N) is 1. The maximum atomic E-state index is 5.73. The molecule has 5 heteroatoms. The Balaban J connectivity index is 1.88. The molecule has 0 aliphatic carbocycles. The summed E-state index contributed by atoms with van der Waals surface area (Å²) in [5, 5.41) is 3.41. The van der Waals surface area contributed by atoms with Crippen molar-refractivity contribution in [3.63, 3.8) is 0 Å². The molecule has 0 amide bonds. The smallest absolute Gasteiger partial charge is 0.146 e. The molecule has 2 heterocycles. The zero-order chi connectivity index (χ0) is 15.3. The molecule has 0 atom stereocenters. The highest BCUT2D eigenvalue weighted by Crippen LogP contribution is 2.12. The molecular weight excluding hydrogens is 264 g/mol. The van der Waals surface area contributed by atoms with Gasteiger partial charge in [0.15, 0.2) is 0 Å². The van der Waals surface area contributed by atoms with E-state index in [4.69, 9.17) is 4.74 Å². The maximum Gasteiger partial charge on any atom is 0.146 e. The fourth-order valence-electron chi connectivity index (χ4n) is 1.87. The minimum absolute atomic E-state index is 0.0913. The molecule has 21 heavy (non-hydrogen) atoms. The van der Waals surface area contributed by atoms with Crippen LogP contribution < -0.4 is 10.1 Å². The van der Waals surface area contributed by atoms with Gasteiger partial charge in [0.05, 0.1) is 11.9 Å². The van der Waals surface area contributed by atoms with Crippen LogP contribution in [0.3, 0.4) is 0 Å². The SMILES string of the molecule is CCn1ccnc1COc1ccc(CNC(C)(C)C)nc1. The summed E-state index contributed by atoms with van der Waals surface area (Å²) in [7, 11) is 0. The topological polar surface area (TPSA) is 52.0 Å². The van der Waals surface area contributed by atoms with Crippen LogP contribution >= 0.6 is 0 Å². The van der Waals surface area contributed by atoms with Crippen LogP contribution in [-0.4, -0.2) is 20.1 Å². The molecule has 1 N–H and O–H groups in total. The van der Waals surface area contributed by atoms with Crippen molar-refractivity contribution >= 4 is 0 Å². The Bertz CT molecular complexity index is 554. The summed E-state index contributed by atoms with van der Waals surface area (Å²) in [6, 6.07) is 3.94. The molecule has 0 unspecified atom stereocenters. The van der Waals surface area contributed by atoms with Gasteiger partial charge in [0.1, 0.15) is 18.2 Å². The Kier molecular flexibility index (Phi) is 4.96. The molecule has 0 aliphatic heterocycles. The number of ether oxygens (including phenoxy) is 1.